The largest absolute Gasteiger partial charge is 0.310 e. The first-order valence-corrected chi connectivity index (χ1v) is 20.6. The van der Waals surface area contributed by atoms with E-state index in [1.165, 1.54) is 74.9 Å². The molecule has 0 saturated heterocycles. The van der Waals surface area contributed by atoms with Crippen LogP contribution in [-0.2, 0) is 0 Å². The molecule has 3 nitrogen and oxygen atoms in total. The summed E-state index contributed by atoms with van der Waals surface area (Å²) in [4.78, 5) is 2.42. The van der Waals surface area contributed by atoms with Gasteiger partial charge in [0, 0.05) is 70.2 Å². The summed E-state index contributed by atoms with van der Waals surface area (Å²) in [5.41, 5.74) is 12.8. The average molecular weight is 758 g/mol. The summed E-state index contributed by atoms with van der Waals surface area (Å²) in [5.74, 6) is 0. The summed E-state index contributed by atoms with van der Waals surface area (Å²) in [6.45, 7) is 0. The van der Waals surface area contributed by atoms with Gasteiger partial charge in [0.05, 0.1) is 22.1 Å². The summed E-state index contributed by atoms with van der Waals surface area (Å²) in [6.07, 6.45) is 0. The van der Waals surface area contributed by atoms with Crippen molar-refractivity contribution in [3.05, 3.63) is 212 Å². The van der Waals surface area contributed by atoms with Crippen molar-refractivity contribution < 1.29 is 0 Å². The Bertz CT molecular complexity index is 3490. The van der Waals surface area contributed by atoms with Crippen LogP contribution in [0, 0.1) is 0 Å². The van der Waals surface area contributed by atoms with Crippen LogP contribution in [0.4, 0.5) is 17.1 Å². The third-order valence-electron chi connectivity index (χ3n) is 11.7. The number of rotatable bonds is 6. The molecule has 12 rings (SSSR count). The highest BCUT2D eigenvalue weighted by Gasteiger charge is 2.22. The highest BCUT2D eigenvalue weighted by atomic mass is 32.1. The van der Waals surface area contributed by atoms with Gasteiger partial charge in [0.15, 0.2) is 0 Å². The summed E-state index contributed by atoms with van der Waals surface area (Å²) in [7, 11) is 0. The molecule has 0 saturated carbocycles. The number of hydrogen-bond donors (Lipinski definition) is 0. The van der Waals surface area contributed by atoms with Crippen LogP contribution in [0.5, 0.6) is 0 Å². The van der Waals surface area contributed by atoms with Crippen molar-refractivity contribution in [1.82, 2.24) is 9.13 Å². The molecule has 9 aromatic carbocycles. The number of thiophene rings is 1. The van der Waals surface area contributed by atoms with Gasteiger partial charge in [0.1, 0.15) is 0 Å². The van der Waals surface area contributed by atoms with Crippen molar-refractivity contribution in [2.45, 2.75) is 0 Å². The molecular weight excluding hydrogens is 723 g/mol. The van der Waals surface area contributed by atoms with Gasteiger partial charge in [-0.1, -0.05) is 127 Å². The highest BCUT2D eigenvalue weighted by Crippen LogP contribution is 2.46. The molecule has 0 amide bonds. The Balaban J connectivity index is 1.12. The van der Waals surface area contributed by atoms with Crippen molar-refractivity contribution >= 4 is 92.2 Å². The van der Waals surface area contributed by atoms with E-state index in [1.54, 1.807) is 0 Å². The number of para-hydroxylation sites is 3. The highest BCUT2D eigenvalue weighted by molar-refractivity contribution is 7.26. The number of aromatic nitrogens is 2. The lowest BCUT2D eigenvalue weighted by Crippen LogP contribution is -2.10. The van der Waals surface area contributed by atoms with E-state index in [-0.39, 0.29) is 0 Å². The van der Waals surface area contributed by atoms with Crippen LogP contribution < -0.4 is 4.90 Å². The smallest absolute Gasteiger partial charge is 0.0562 e. The summed E-state index contributed by atoms with van der Waals surface area (Å²) < 4.78 is 7.48. The Labute approximate surface area is 339 Å². The van der Waals surface area contributed by atoms with Crippen LogP contribution in [0.1, 0.15) is 0 Å². The fraction of sp³-hybridized carbons (Fsp3) is 0. The van der Waals surface area contributed by atoms with Crippen LogP contribution in [0.3, 0.4) is 0 Å². The zero-order chi connectivity index (χ0) is 38.2. The number of anilines is 3. The maximum atomic E-state index is 2.45. The van der Waals surface area contributed by atoms with Crippen molar-refractivity contribution in [2.75, 3.05) is 4.90 Å². The molecule has 0 aliphatic carbocycles. The summed E-state index contributed by atoms with van der Waals surface area (Å²) in [6, 6.07) is 77.3. The second kappa shape index (κ2) is 13.1. The molecule has 4 heteroatoms. The van der Waals surface area contributed by atoms with Gasteiger partial charge in [-0.05, 0) is 96.1 Å². The molecule has 0 unspecified atom stereocenters. The summed E-state index contributed by atoms with van der Waals surface area (Å²) >= 11 is 1.89. The Kier molecular flexibility index (Phi) is 7.40. The van der Waals surface area contributed by atoms with E-state index in [4.69, 9.17) is 0 Å². The van der Waals surface area contributed by atoms with E-state index in [0.717, 1.165) is 28.4 Å². The number of nitrogens with zero attached hydrogens (tertiary/aromatic N) is 3. The van der Waals surface area contributed by atoms with E-state index < -0.39 is 0 Å². The van der Waals surface area contributed by atoms with Crippen molar-refractivity contribution in [2.24, 2.45) is 0 Å². The summed E-state index contributed by atoms with van der Waals surface area (Å²) in [5, 5.41) is 7.63. The predicted molar refractivity (Wildman–Crippen MR) is 248 cm³/mol. The van der Waals surface area contributed by atoms with Gasteiger partial charge in [-0.2, -0.15) is 0 Å². The van der Waals surface area contributed by atoms with Gasteiger partial charge in [-0.3, -0.25) is 0 Å². The van der Waals surface area contributed by atoms with Gasteiger partial charge >= 0.3 is 0 Å². The first kappa shape index (κ1) is 32.8. The van der Waals surface area contributed by atoms with Crippen molar-refractivity contribution in [1.29, 1.82) is 0 Å². The van der Waals surface area contributed by atoms with Crippen LogP contribution in [-0.4, -0.2) is 9.13 Å². The van der Waals surface area contributed by atoms with Gasteiger partial charge in [-0.15, -0.1) is 11.3 Å². The van der Waals surface area contributed by atoms with Crippen LogP contribution >= 0.6 is 11.3 Å². The van der Waals surface area contributed by atoms with Gasteiger partial charge in [-0.25, -0.2) is 0 Å². The van der Waals surface area contributed by atoms with Crippen LogP contribution in [0.25, 0.3) is 86.3 Å². The van der Waals surface area contributed by atoms with E-state index in [0.29, 0.717) is 0 Å². The quantitative estimate of drug-likeness (QED) is 0.165. The van der Waals surface area contributed by atoms with Crippen molar-refractivity contribution in [3.8, 4) is 22.5 Å². The normalized spacial score (nSPS) is 11.8. The molecule has 0 aliphatic rings. The Morgan fingerprint density at radius 2 is 0.862 bits per heavy atom. The fourth-order valence-electron chi connectivity index (χ4n) is 9.10. The molecule has 3 heterocycles. The first-order chi connectivity index (χ1) is 28.8. The topological polar surface area (TPSA) is 13.1 Å². The van der Waals surface area contributed by atoms with Gasteiger partial charge < -0.3 is 14.0 Å². The Morgan fingerprint density at radius 1 is 0.328 bits per heavy atom. The lowest BCUT2D eigenvalue weighted by atomic mass is 10.0. The van der Waals surface area contributed by atoms with E-state index in [2.05, 4.69) is 226 Å². The van der Waals surface area contributed by atoms with Crippen LogP contribution in [0.2, 0.25) is 0 Å². The number of hydrogen-bond acceptors (Lipinski definition) is 2. The second-order valence-electron chi connectivity index (χ2n) is 14.9. The molecular formula is C54H35N3S. The third kappa shape index (κ3) is 5.05. The average Bonchev–Trinajstić information content (AvgIpc) is 3.95. The molecule has 0 N–H and O–H groups in total. The molecule has 12 aromatic rings. The zero-order valence-corrected chi connectivity index (χ0v) is 32.3. The minimum atomic E-state index is 1.10. The molecule has 58 heavy (non-hydrogen) atoms. The van der Waals surface area contributed by atoms with E-state index >= 15 is 0 Å². The molecule has 0 aliphatic heterocycles. The molecule has 0 fully saturated rings. The number of benzene rings is 9. The lowest BCUT2D eigenvalue weighted by Gasteiger charge is -2.26. The van der Waals surface area contributed by atoms with Gasteiger partial charge in [0.2, 0.25) is 0 Å². The van der Waals surface area contributed by atoms with E-state index in [1.807, 2.05) is 11.3 Å². The van der Waals surface area contributed by atoms with E-state index in [9.17, 15) is 0 Å². The zero-order valence-electron chi connectivity index (χ0n) is 31.5. The number of fused-ring (bicyclic) bond motifs is 10. The fourth-order valence-corrected chi connectivity index (χ4v) is 10.4. The van der Waals surface area contributed by atoms with Gasteiger partial charge in [0.25, 0.3) is 0 Å². The minimum Gasteiger partial charge on any atom is -0.310 e. The molecule has 0 spiro atoms. The molecule has 272 valence electrons. The first-order valence-electron chi connectivity index (χ1n) is 19.8. The SMILES string of the molecule is c1ccc(-c2ccc(N(c3ccc4c(c3)c3ccccc3n4-c3ccccc3)c3ccc4c5c6sc7ccccc7c6ccc5n(-c5ccccc5)c4c3)cc2)cc1. The Hall–Kier alpha value is -7.40. The maximum Gasteiger partial charge on any atom is 0.0562 e. The monoisotopic (exact) mass is 757 g/mol. The molecule has 3 aromatic heterocycles. The van der Waals surface area contributed by atoms with Crippen LogP contribution in [0.15, 0.2) is 212 Å². The standard InChI is InChI=1S/C54H35N3S/c1-4-14-36(15-5-1)37-24-26-40(27-25-37)55(41-29-32-49-47(34-41)43-20-10-12-22-48(43)56(49)38-16-6-2-7-17-38)42-28-30-46-51(35-42)57(39-18-8-3-9-19-39)50-33-31-45-44-21-11-13-23-52(44)58-54(45)53(46)50/h1-35H. The molecule has 0 radical (unpaired) electrons. The molecule has 0 bridgehead atoms. The predicted octanol–water partition coefficient (Wildman–Crippen LogP) is 15.4. The maximum absolute atomic E-state index is 2.45. The minimum absolute atomic E-state index is 1.10. The third-order valence-corrected chi connectivity index (χ3v) is 12.9. The second-order valence-corrected chi connectivity index (χ2v) is 16.0. The van der Waals surface area contributed by atoms with Crippen molar-refractivity contribution in [3.63, 3.8) is 0 Å². The lowest BCUT2D eigenvalue weighted by molar-refractivity contribution is 1.17. The Morgan fingerprint density at radius 3 is 1.62 bits per heavy atom. The molecule has 0 atom stereocenters.